The van der Waals surface area contributed by atoms with Gasteiger partial charge in [0.2, 0.25) is 5.91 Å². The summed E-state index contributed by atoms with van der Waals surface area (Å²) in [6.45, 7) is 7.60. The zero-order valence-corrected chi connectivity index (χ0v) is 15.3. The van der Waals surface area contributed by atoms with Crippen molar-refractivity contribution in [3.63, 3.8) is 0 Å². The molecule has 3 heterocycles. The fourth-order valence-corrected chi connectivity index (χ4v) is 4.83. The van der Waals surface area contributed by atoms with E-state index in [1.165, 1.54) is 36.8 Å². The number of benzene rings is 1. The van der Waals surface area contributed by atoms with E-state index in [2.05, 4.69) is 44.3 Å². The second-order valence-corrected chi connectivity index (χ2v) is 9.07. The fourth-order valence-electron chi connectivity index (χ4n) is 4.83. The second-order valence-electron chi connectivity index (χ2n) is 9.07. The summed E-state index contributed by atoms with van der Waals surface area (Å²) in [7, 11) is 0. The van der Waals surface area contributed by atoms with Crippen LogP contribution in [0.5, 0.6) is 0 Å². The Labute approximate surface area is 145 Å². The number of carbonyl (C=O) groups is 1. The molecule has 0 aromatic heterocycles. The van der Waals surface area contributed by atoms with Crippen LogP contribution < -0.4 is 10.2 Å². The third-order valence-corrected chi connectivity index (χ3v) is 6.18. The summed E-state index contributed by atoms with van der Waals surface area (Å²) in [5.41, 5.74) is 4.04. The lowest BCUT2D eigenvalue weighted by atomic mass is 9.86. The van der Waals surface area contributed by atoms with Gasteiger partial charge in [-0.2, -0.15) is 0 Å². The molecule has 0 spiro atoms. The Kier molecular flexibility index (Phi) is 3.95. The quantitative estimate of drug-likeness (QED) is 0.897. The molecule has 0 aliphatic carbocycles. The van der Waals surface area contributed by atoms with Crippen LogP contribution >= 0.6 is 0 Å². The molecular formula is C21H30N2O. The highest BCUT2D eigenvalue weighted by atomic mass is 16.2. The summed E-state index contributed by atoms with van der Waals surface area (Å²) in [4.78, 5) is 14.9. The molecule has 3 aliphatic heterocycles. The monoisotopic (exact) mass is 326 g/mol. The average molecular weight is 326 g/mol. The summed E-state index contributed by atoms with van der Waals surface area (Å²) < 4.78 is 0. The first-order valence-corrected chi connectivity index (χ1v) is 9.60. The maximum absolute atomic E-state index is 12.9. The van der Waals surface area contributed by atoms with Gasteiger partial charge in [-0.15, -0.1) is 0 Å². The molecule has 4 rings (SSSR count). The van der Waals surface area contributed by atoms with Crippen LogP contribution in [-0.4, -0.2) is 24.5 Å². The van der Waals surface area contributed by atoms with E-state index >= 15 is 0 Å². The topological polar surface area (TPSA) is 32.3 Å². The molecule has 1 amide bonds. The van der Waals surface area contributed by atoms with Crippen molar-refractivity contribution in [2.24, 2.45) is 5.92 Å². The van der Waals surface area contributed by atoms with Gasteiger partial charge in [-0.05, 0) is 60.6 Å². The van der Waals surface area contributed by atoms with Crippen LogP contribution in [0, 0.1) is 5.92 Å². The third kappa shape index (κ3) is 2.99. The van der Waals surface area contributed by atoms with Crippen molar-refractivity contribution in [1.82, 2.24) is 5.32 Å². The smallest absolute Gasteiger partial charge is 0.227 e. The Bertz CT molecular complexity index is 634. The van der Waals surface area contributed by atoms with Crippen LogP contribution in [0.15, 0.2) is 18.2 Å². The van der Waals surface area contributed by atoms with Crippen LogP contribution in [0.2, 0.25) is 0 Å². The molecule has 1 aromatic rings. The van der Waals surface area contributed by atoms with E-state index in [9.17, 15) is 4.79 Å². The largest absolute Gasteiger partial charge is 0.312 e. The Balaban J connectivity index is 1.46. The van der Waals surface area contributed by atoms with E-state index in [1.54, 1.807) is 0 Å². The van der Waals surface area contributed by atoms with Gasteiger partial charge < -0.3 is 10.2 Å². The van der Waals surface area contributed by atoms with Gasteiger partial charge in [-0.1, -0.05) is 32.9 Å². The van der Waals surface area contributed by atoms with Crippen LogP contribution in [0.1, 0.15) is 64.0 Å². The van der Waals surface area contributed by atoms with E-state index < -0.39 is 0 Å². The predicted octanol–water partition coefficient (Wildman–Crippen LogP) is 3.79. The first-order valence-electron chi connectivity index (χ1n) is 9.60. The first kappa shape index (κ1) is 16.1. The maximum Gasteiger partial charge on any atom is 0.227 e. The van der Waals surface area contributed by atoms with Crippen LogP contribution in [0.3, 0.4) is 0 Å². The summed E-state index contributed by atoms with van der Waals surface area (Å²) in [6.07, 6.45) is 6.71. The molecule has 24 heavy (non-hydrogen) atoms. The molecule has 2 atom stereocenters. The Morgan fingerprint density at radius 1 is 1.21 bits per heavy atom. The van der Waals surface area contributed by atoms with Gasteiger partial charge in [0.15, 0.2) is 0 Å². The van der Waals surface area contributed by atoms with E-state index in [-0.39, 0.29) is 5.41 Å². The molecule has 3 heteroatoms. The number of fused-ring (bicyclic) bond motifs is 3. The lowest BCUT2D eigenvalue weighted by molar-refractivity contribution is -0.119. The van der Waals surface area contributed by atoms with E-state index in [4.69, 9.17) is 0 Å². The van der Waals surface area contributed by atoms with Gasteiger partial charge in [0, 0.05) is 30.7 Å². The minimum atomic E-state index is 0.167. The molecule has 1 aromatic carbocycles. The van der Waals surface area contributed by atoms with Crippen LogP contribution in [0.25, 0.3) is 0 Å². The highest BCUT2D eigenvalue weighted by Gasteiger charge is 2.35. The molecule has 0 radical (unpaired) electrons. The molecule has 2 saturated heterocycles. The maximum atomic E-state index is 12.9. The molecule has 130 valence electrons. The minimum absolute atomic E-state index is 0.167. The van der Waals surface area contributed by atoms with Crippen molar-refractivity contribution in [2.45, 2.75) is 76.8 Å². The van der Waals surface area contributed by atoms with Crippen molar-refractivity contribution in [3.8, 4) is 0 Å². The number of rotatable bonds is 2. The van der Waals surface area contributed by atoms with Crippen molar-refractivity contribution < 1.29 is 4.79 Å². The van der Waals surface area contributed by atoms with E-state index in [0.717, 1.165) is 25.1 Å². The summed E-state index contributed by atoms with van der Waals surface area (Å²) in [5.74, 6) is 0.915. The Hall–Kier alpha value is -1.35. The van der Waals surface area contributed by atoms with Crippen molar-refractivity contribution in [1.29, 1.82) is 0 Å². The summed E-state index contributed by atoms with van der Waals surface area (Å²) in [5, 5.41) is 3.67. The zero-order valence-electron chi connectivity index (χ0n) is 15.3. The number of hydrogen-bond acceptors (Lipinski definition) is 2. The molecule has 3 nitrogen and oxygen atoms in total. The van der Waals surface area contributed by atoms with Crippen molar-refractivity contribution >= 4 is 11.6 Å². The molecule has 0 saturated carbocycles. The van der Waals surface area contributed by atoms with Crippen molar-refractivity contribution in [2.75, 3.05) is 11.4 Å². The highest BCUT2D eigenvalue weighted by molar-refractivity contribution is 5.95. The number of carbonyl (C=O) groups excluding carboxylic acids is 1. The van der Waals surface area contributed by atoms with Gasteiger partial charge in [-0.3, -0.25) is 4.79 Å². The predicted molar refractivity (Wildman–Crippen MR) is 98.5 cm³/mol. The molecular weight excluding hydrogens is 296 g/mol. The molecule has 3 aliphatic rings. The average Bonchev–Trinajstić information content (AvgIpc) is 3.09. The lowest BCUT2D eigenvalue weighted by Crippen LogP contribution is -2.40. The number of nitrogens with zero attached hydrogens (tertiary/aromatic N) is 1. The van der Waals surface area contributed by atoms with Gasteiger partial charge >= 0.3 is 0 Å². The summed E-state index contributed by atoms with van der Waals surface area (Å²) in [6, 6.07) is 8.03. The van der Waals surface area contributed by atoms with Crippen molar-refractivity contribution in [3.05, 3.63) is 29.3 Å². The zero-order chi connectivity index (χ0) is 16.9. The van der Waals surface area contributed by atoms with E-state index in [1.807, 2.05) is 4.90 Å². The lowest BCUT2D eigenvalue weighted by Gasteiger charge is -2.30. The number of nitrogens with one attached hydrogen (secondary N) is 1. The first-order chi connectivity index (χ1) is 11.4. The van der Waals surface area contributed by atoms with Gasteiger partial charge in [0.25, 0.3) is 0 Å². The highest BCUT2D eigenvalue weighted by Crippen LogP contribution is 2.36. The number of anilines is 1. The van der Waals surface area contributed by atoms with Gasteiger partial charge in [0.1, 0.15) is 0 Å². The normalized spacial score (nSPS) is 29.0. The molecule has 2 bridgehead atoms. The van der Waals surface area contributed by atoms with Gasteiger partial charge in [0.05, 0.1) is 0 Å². The van der Waals surface area contributed by atoms with Crippen LogP contribution in [0.4, 0.5) is 5.69 Å². The number of piperidine rings is 1. The van der Waals surface area contributed by atoms with Gasteiger partial charge in [-0.25, -0.2) is 0 Å². The number of amides is 1. The Morgan fingerprint density at radius 2 is 1.92 bits per heavy atom. The third-order valence-electron chi connectivity index (χ3n) is 6.18. The standard InChI is InChI=1S/C21H30N2O/c1-21(2,3)16-4-7-19-15(13-16)8-9-23(19)20(24)12-14-10-17-5-6-18(11-14)22-17/h4,7,13-14,17-18,22H,5-6,8-12H2,1-3H3. The number of hydrogen-bond donors (Lipinski definition) is 1. The van der Waals surface area contributed by atoms with Crippen LogP contribution in [-0.2, 0) is 16.6 Å². The Morgan fingerprint density at radius 3 is 2.58 bits per heavy atom. The molecule has 1 N–H and O–H groups in total. The molecule has 2 fully saturated rings. The molecule has 2 unspecified atom stereocenters. The SMILES string of the molecule is CC(C)(C)c1ccc2c(c1)CCN2C(=O)CC1CC2CCC(C1)N2. The second kappa shape index (κ2) is 5.87. The van der Waals surface area contributed by atoms with E-state index in [0.29, 0.717) is 23.9 Å². The minimum Gasteiger partial charge on any atom is -0.312 e. The summed E-state index contributed by atoms with van der Waals surface area (Å²) >= 11 is 0. The fraction of sp³-hybridized carbons (Fsp3) is 0.667.